The van der Waals surface area contributed by atoms with E-state index in [-0.39, 0.29) is 47.6 Å². The van der Waals surface area contributed by atoms with Gasteiger partial charge in [0.2, 0.25) is 0 Å². The summed E-state index contributed by atoms with van der Waals surface area (Å²) in [6.45, 7) is 12.2. The molecule has 0 aromatic heterocycles. The molecule has 40 heavy (non-hydrogen) atoms. The van der Waals surface area contributed by atoms with Gasteiger partial charge in [0.15, 0.2) is 0 Å². The van der Waals surface area contributed by atoms with Crippen molar-refractivity contribution in [1.82, 2.24) is 10.6 Å². The van der Waals surface area contributed by atoms with E-state index in [1.807, 2.05) is 12.1 Å². The van der Waals surface area contributed by atoms with Crippen molar-refractivity contribution in [3.8, 4) is 0 Å². The average Bonchev–Trinajstić information content (AvgIpc) is 2.82. The fraction of sp³-hybridized carbons (Fsp3) is 0.533. The van der Waals surface area contributed by atoms with Gasteiger partial charge in [-0.2, -0.15) is 0 Å². The van der Waals surface area contributed by atoms with Gasteiger partial charge >= 0.3 is 17.4 Å². The first-order chi connectivity index (χ1) is 17.2. The molecule has 0 spiro atoms. The molecular formula is C30H52Cl2Cr2N5O-. The van der Waals surface area contributed by atoms with E-state index in [9.17, 15) is 0 Å². The Morgan fingerprint density at radius 3 is 2.12 bits per heavy atom. The van der Waals surface area contributed by atoms with Gasteiger partial charge in [-0.1, -0.05) is 73.5 Å². The molecule has 10 heteroatoms. The van der Waals surface area contributed by atoms with E-state index in [1.54, 1.807) is 0 Å². The second-order valence-electron chi connectivity index (χ2n) is 9.46. The summed E-state index contributed by atoms with van der Waals surface area (Å²) in [5, 5.41) is 7.98. The van der Waals surface area contributed by atoms with Crippen LogP contribution in [0.4, 0.5) is 0 Å². The van der Waals surface area contributed by atoms with Gasteiger partial charge in [0.05, 0.1) is 5.82 Å². The van der Waals surface area contributed by atoms with Gasteiger partial charge in [-0.3, -0.25) is 0 Å². The van der Waals surface area contributed by atoms with Gasteiger partial charge in [-0.05, 0) is 81.3 Å². The largest absolute Gasteiger partial charge is 2.00 e. The van der Waals surface area contributed by atoms with E-state index in [1.165, 1.54) is 37.7 Å². The van der Waals surface area contributed by atoms with Gasteiger partial charge in [0.25, 0.3) is 0 Å². The van der Waals surface area contributed by atoms with Crippen LogP contribution in [0.5, 0.6) is 0 Å². The standard InChI is InChI=1S/C17H26Cl2N2.C12H21N3.CH3.2Cr.H2O/c1-13(21)14-11-16(18)15(17(19)12-14)9-7-5-3-2-4-6-8-10-20;1-10-6-8-15-12(9-10)14-7-4-3-5-11(2)13;;;;/h11-13,21H,1-10,20H2;6,9,14-15H,2-5,7-8,13H2,1H3;1H3;;;1H2/q-2;;-1;;+2;. The Morgan fingerprint density at radius 2 is 1.62 bits per heavy atom. The van der Waals surface area contributed by atoms with Crippen LogP contribution in [0.3, 0.4) is 0 Å². The Bertz CT molecular complexity index is 828. The summed E-state index contributed by atoms with van der Waals surface area (Å²) in [4.78, 5) is 0. The summed E-state index contributed by atoms with van der Waals surface area (Å²) >= 11 is 12.5. The smallest absolute Gasteiger partial charge is 0.697 e. The number of hydrogen-bond acceptors (Lipinski definition) is 4. The quantitative estimate of drug-likeness (QED) is 0.108. The topological polar surface area (TPSA) is 131 Å². The number of halogens is 2. The molecule has 1 aromatic rings. The zero-order valence-electron chi connectivity index (χ0n) is 24.4. The van der Waals surface area contributed by atoms with Crippen molar-refractivity contribution < 1.29 is 40.2 Å². The molecule has 0 fully saturated rings. The first-order valence-corrected chi connectivity index (χ1v) is 14.0. The summed E-state index contributed by atoms with van der Waals surface area (Å²) in [6.07, 6.45) is 16.9. The molecule has 1 aliphatic rings. The molecule has 9 N–H and O–H groups in total. The SMILES string of the molecule is C=C(N)CCCCNC1=CC(C)=CCN1.O.[CH2-]C([NH-])c1cc(Cl)c(CCCCCCCCCN)c(Cl)c1.[CH3-].[Cr+2].[Cr]. The van der Waals surface area contributed by atoms with E-state index < -0.39 is 6.04 Å². The van der Waals surface area contributed by atoms with Crippen molar-refractivity contribution in [2.45, 2.75) is 83.6 Å². The third-order valence-electron chi connectivity index (χ3n) is 6.03. The average molecular weight is 674 g/mol. The van der Waals surface area contributed by atoms with Crippen molar-refractivity contribution >= 4 is 23.2 Å². The van der Waals surface area contributed by atoms with Crippen LogP contribution in [0, 0.1) is 14.4 Å². The molecule has 0 radical (unpaired) electrons. The van der Waals surface area contributed by atoms with Crippen molar-refractivity contribution in [3.63, 3.8) is 0 Å². The van der Waals surface area contributed by atoms with Gasteiger partial charge in [-0.25, -0.2) is 6.04 Å². The fourth-order valence-electron chi connectivity index (χ4n) is 3.87. The molecular weight excluding hydrogens is 621 g/mol. The van der Waals surface area contributed by atoms with Crippen LogP contribution in [0.25, 0.3) is 5.73 Å². The van der Waals surface area contributed by atoms with Gasteiger partial charge in [0, 0.05) is 46.2 Å². The molecule has 0 aliphatic carbocycles. The minimum atomic E-state index is -0.539. The molecule has 0 saturated heterocycles. The maximum Gasteiger partial charge on any atom is 2.00 e. The van der Waals surface area contributed by atoms with E-state index in [0.29, 0.717) is 10.0 Å². The fourth-order valence-corrected chi connectivity index (χ4v) is 4.56. The zero-order valence-corrected chi connectivity index (χ0v) is 28.5. The van der Waals surface area contributed by atoms with Crippen LogP contribution in [0.2, 0.25) is 10.0 Å². The number of dihydropyridines is 1. The maximum atomic E-state index is 7.61. The number of unbranched alkanes of at least 4 members (excludes halogenated alkanes) is 7. The number of benzene rings is 1. The molecule has 0 saturated carbocycles. The predicted octanol–water partition coefficient (Wildman–Crippen LogP) is 7.38. The molecule has 1 aromatic carbocycles. The summed E-state index contributed by atoms with van der Waals surface area (Å²) < 4.78 is 0. The van der Waals surface area contributed by atoms with Crippen molar-refractivity contribution in [2.24, 2.45) is 11.5 Å². The Labute approximate surface area is 276 Å². The monoisotopic (exact) mass is 672 g/mol. The molecule has 230 valence electrons. The summed E-state index contributed by atoms with van der Waals surface area (Å²) in [7, 11) is 0. The van der Waals surface area contributed by atoms with Crippen LogP contribution < -0.4 is 22.1 Å². The van der Waals surface area contributed by atoms with Gasteiger partial charge in [-0.15, -0.1) is 0 Å². The number of allylic oxidation sites excluding steroid dienone is 3. The third kappa shape index (κ3) is 22.0. The van der Waals surface area contributed by atoms with Gasteiger partial charge in [0.1, 0.15) is 0 Å². The maximum absolute atomic E-state index is 7.61. The third-order valence-corrected chi connectivity index (χ3v) is 6.70. The molecule has 1 unspecified atom stereocenters. The molecule has 6 nitrogen and oxygen atoms in total. The second-order valence-corrected chi connectivity index (χ2v) is 10.3. The molecule has 1 aliphatic heterocycles. The van der Waals surface area contributed by atoms with Crippen molar-refractivity contribution in [3.05, 3.63) is 89.2 Å². The van der Waals surface area contributed by atoms with Crippen molar-refractivity contribution in [1.29, 1.82) is 0 Å². The number of hydrogen-bond donors (Lipinski definition) is 4. The van der Waals surface area contributed by atoms with E-state index in [2.05, 4.69) is 43.2 Å². The van der Waals surface area contributed by atoms with Crippen molar-refractivity contribution in [2.75, 3.05) is 19.6 Å². The molecule has 1 heterocycles. The molecule has 0 bridgehead atoms. The van der Waals surface area contributed by atoms with Crippen LogP contribution >= 0.6 is 23.2 Å². The predicted molar refractivity (Wildman–Crippen MR) is 169 cm³/mol. The second kappa shape index (κ2) is 28.5. The Morgan fingerprint density at radius 1 is 1.07 bits per heavy atom. The minimum absolute atomic E-state index is 0. The molecule has 0 amide bonds. The van der Waals surface area contributed by atoms with Crippen LogP contribution in [0.1, 0.15) is 88.3 Å². The summed E-state index contributed by atoms with van der Waals surface area (Å²) in [5.41, 5.74) is 22.4. The minimum Gasteiger partial charge on any atom is -0.697 e. The summed E-state index contributed by atoms with van der Waals surface area (Å²) in [5.74, 6) is 1.13. The van der Waals surface area contributed by atoms with E-state index in [0.717, 1.165) is 80.8 Å². The first-order valence-electron chi connectivity index (χ1n) is 13.3. The van der Waals surface area contributed by atoms with E-state index in [4.69, 9.17) is 40.4 Å². The Hall–Kier alpha value is -0.635. The van der Waals surface area contributed by atoms with Crippen LogP contribution in [-0.4, -0.2) is 25.1 Å². The normalized spacial score (nSPS) is 12.2. The Balaban J connectivity index is -0.000000307. The first kappa shape index (κ1) is 46.3. The number of rotatable bonds is 16. The number of nitrogens with two attached hydrogens (primary N) is 2. The molecule has 2 rings (SSSR count). The summed E-state index contributed by atoms with van der Waals surface area (Å²) in [6, 6.07) is 3.10. The van der Waals surface area contributed by atoms with Crippen LogP contribution in [-0.2, 0) is 41.1 Å². The zero-order chi connectivity index (χ0) is 26.8. The molecule has 1 atom stereocenters. The Kier molecular flexibility index (Phi) is 33.0. The number of nitrogens with one attached hydrogen (secondary N) is 3. The van der Waals surface area contributed by atoms with Crippen LogP contribution in [0.15, 0.2) is 48.0 Å². The van der Waals surface area contributed by atoms with Gasteiger partial charge < -0.3 is 47.7 Å². The van der Waals surface area contributed by atoms with E-state index >= 15 is 0 Å².